The van der Waals surface area contributed by atoms with Gasteiger partial charge in [-0.25, -0.2) is 0 Å². The van der Waals surface area contributed by atoms with Gasteiger partial charge in [-0.3, -0.25) is 0 Å². The predicted octanol–water partition coefficient (Wildman–Crippen LogP) is 4.92. The van der Waals surface area contributed by atoms with Crippen molar-refractivity contribution in [2.45, 2.75) is 50.2 Å². The van der Waals surface area contributed by atoms with E-state index in [1.165, 1.54) is 32.1 Å². The van der Waals surface area contributed by atoms with Gasteiger partial charge in [0.1, 0.15) is 11.6 Å². The molecule has 0 saturated heterocycles. The summed E-state index contributed by atoms with van der Waals surface area (Å²) in [6.45, 7) is 2.69. The molecular formula is C17H22ClN3OS. The molecule has 1 aliphatic rings. The van der Waals surface area contributed by atoms with Gasteiger partial charge in [-0.15, -0.1) is 10.2 Å². The number of nitrogens with zero attached hydrogens (tertiary/aromatic N) is 3. The molecule has 6 heteroatoms. The first-order valence-corrected chi connectivity index (χ1v) is 9.53. The Bertz CT molecular complexity index is 623. The van der Waals surface area contributed by atoms with E-state index in [4.69, 9.17) is 16.3 Å². The Morgan fingerprint density at radius 2 is 1.91 bits per heavy atom. The number of hydrogen-bond donors (Lipinski definition) is 0. The first kappa shape index (κ1) is 16.7. The van der Waals surface area contributed by atoms with E-state index in [9.17, 15) is 0 Å². The molecule has 23 heavy (non-hydrogen) atoms. The topological polar surface area (TPSA) is 39.9 Å². The molecule has 0 amide bonds. The Balaban J connectivity index is 1.53. The minimum atomic E-state index is 0.568. The van der Waals surface area contributed by atoms with Crippen molar-refractivity contribution >= 4 is 23.4 Å². The Hall–Kier alpha value is -1.20. The van der Waals surface area contributed by atoms with Crippen LogP contribution in [0.2, 0.25) is 5.02 Å². The highest BCUT2D eigenvalue weighted by Crippen LogP contribution is 2.32. The van der Waals surface area contributed by atoms with Crippen molar-refractivity contribution in [1.29, 1.82) is 0 Å². The van der Waals surface area contributed by atoms with Crippen molar-refractivity contribution in [2.24, 2.45) is 0 Å². The fraction of sp³-hybridized carbons (Fsp3) is 0.529. The van der Waals surface area contributed by atoms with Gasteiger partial charge in [-0.2, -0.15) is 0 Å². The molecule has 4 nitrogen and oxygen atoms in total. The fourth-order valence-corrected chi connectivity index (χ4v) is 4.03. The van der Waals surface area contributed by atoms with E-state index in [1.54, 1.807) is 11.8 Å². The second kappa shape index (κ2) is 8.06. The van der Waals surface area contributed by atoms with Crippen LogP contribution in [0, 0.1) is 6.92 Å². The van der Waals surface area contributed by atoms with Crippen molar-refractivity contribution < 1.29 is 4.74 Å². The standard InChI is InChI=1S/C17H22ClN3OS/c1-13-19-20-17(21(13)15-5-3-2-4-6-15)23-12-11-22-16-9-7-14(18)8-10-16/h7-10,15H,2-6,11-12H2,1H3. The van der Waals surface area contributed by atoms with E-state index in [-0.39, 0.29) is 0 Å². The molecular weight excluding hydrogens is 330 g/mol. The summed E-state index contributed by atoms with van der Waals surface area (Å²) in [5.41, 5.74) is 0. The molecule has 0 aliphatic heterocycles. The number of halogens is 1. The molecule has 1 fully saturated rings. The molecule has 0 bridgehead atoms. The fourth-order valence-electron chi connectivity index (χ4n) is 3.03. The Morgan fingerprint density at radius 3 is 2.65 bits per heavy atom. The zero-order chi connectivity index (χ0) is 16.1. The number of thioether (sulfide) groups is 1. The number of hydrogen-bond acceptors (Lipinski definition) is 4. The largest absolute Gasteiger partial charge is 0.493 e. The van der Waals surface area contributed by atoms with Gasteiger partial charge in [0.15, 0.2) is 5.16 Å². The van der Waals surface area contributed by atoms with Crippen LogP contribution < -0.4 is 4.74 Å². The molecule has 124 valence electrons. The number of aromatic nitrogens is 3. The van der Waals surface area contributed by atoms with Crippen molar-refractivity contribution in [1.82, 2.24) is 14.8 Å². The average Bonchev–Trinajstić information content (AvgIpc) is 2.95. The van der Waals surface area contributed by atoms with Crippen molar-refractivity contribution in [3.63, 3.8) is 0 Å². The third-order valence-corrected chi connectivity index (χ3v) is 5.33. The second-order valence-corrected chi connectivity index (χ2v) is 7.34. The van der Waals surface area contributed by atoms with Gasteiger partial charge in [0.05, 0.1) is 6.61 Å². The third-order valence-electron chi connectivity index (χ3n) is 4.17. The van der Waals surface area contributed by atoms with Gasteiger partial charge in [-0.05, 0) is 44.0 Å². The maximum atomic E-state index is 5.87. The first-order valence-electron chi connectivity index (χ1n) is 8.17. The molecule has 2 aromatic rings. The maximum absolute atomic E-state index is 5.87. The van der Waals surface area contributed by atoms with Crippen LogP contribution in [-0.4, -0.2) is 27.1 Å². The quantitative estimate of drug-likeness (QED) is 0.547. The molecule has 0 N–H and O–H groups in total. The molecule has 1 heterocycles. The minimum absolute atomic E-state index is 0.568. The van der Waals surface area contributed by atoms with Crippen LogP contribution in [0.15, 0.2) is 29.4 Å². The number of ether oxygens (including phenoxy) is 1. The molecule has 3 rings (SSSR count). The number of rotatable bonds is 6. The minimum Gasteiger partial charge on any atom is -0.493 e. The monoisotopic (exact) mass is 351 g/mol. The lowest BCUT2D eigenvalue weighted by atomic mass is 9.95. The molecule has 1 aromatic heterocycles. The Labute approximate surface area is 146 Å². The molecule has 1 aliphatic carbocycles. The van der Waals surface area contributed by atoms with Crippen LogP contribution in [-0.2, 0) is 0 Å². The lowest BCUT2D eigenvalue weighted by Gasteiger charge is -2.24. The highest BCUT2D eigenvalue weighted by molar-refractivity contribution is 7.99. The SMILES string of the molecule is Cc1nnc(SCCOc2ccc(Cl)cc2)n1C1CCCCC1. The summed E-state index contributed by atoms with van der Waals surface area (Å²) in [6, 6.07) is 8.03. The van der Waals surface area contributed by atoms with Crippen LogP contribution >= 0.6 is 23.4 Å². The van der Waals surface area contributed by atoms with Gasteiger partial charge in [0, 0.05) is 16.8 Å². The van der Waals surface area contributed by atoms with E-state index >= 15 is 0 Å². The summed E-state index contributed by atoms with van der Waals surface area (Å²) < 4.78 is 8.06. The normalized spacial score (nSPS) is 15.7. The third kappa shape index (κ3) is 4.42. The van der Waals surface area contributed by atoms with E-state index in [1.807, 2.05) is 24.3 Å². The maximum Gasteiger partial charge on any atom is 0.191 e. The zero-order valence-corrected chi connectivity index (χ0v) is 14.9. The van der Waals surface area contributed by atoms with Gasteiger partial charge < -0.3 is 9.30 Å². The summed E-state index contributed by atoms with van der Waals surface area (Å²) in [6.07, 6.45) is 6.47. The first-order chi connectivity index (χ1) is 11.2. The summed E-state index contributed by atoms with van der Waals surface area (Å²) in [5, 5.41) is 10.4. The molecule has 0 spiro atoms. The highest BCUT2D eigenvalue weighted by Gasteiger charge is 2.21. The molecule has 0 radical (unpaired) electrons. The Kier molecular flexibility index (Phi) is 5.84. The van der Waals surface area contributed by atoms with Gasteiger partial charge >= 0.3 is 0 Å². The summed E-state index contributed by atoms with van der Waals surface area (Å²) in [7, 11) is 0. The van der Waals surface area contributed by atoms with Crippen molar-refractivity contribution in [3.05, 3.63) is 35.1 Å². The summed E-state index contributed by atoms with van der Waals surface area (Å²) in [4.78, 5) is 0. The second-order valence-electron chi connectivity index (χ2n) is 5.84. The van der Waals surface area contributed by atoms with E-state index in [2.05, 4.69) is 21.7 Å². The average molecular weight is 352 g/mol. The van der Waals surface area contributed by atoms with E-state index in [0.717, 1.165) is 27.5 Å². The van der Waals surface area contributed by atoms with Gasteiger partial charge in [0.25, 0.3) is 0 Å². The van der Waals surface area contributed by atoms with Gasteiger partial charge in [0.2, 0.25) is 0 Å². The Morgan fingerprint density at radius 1 is 1.17 bits per heavy atom. The highest BCUT2D eigenvalue weighted by atomic mass is 35.5. The summed E-state index contributed by atoms with van der Waals surface area (Å²) in [5.74, 6) is 2.73. The van der Waals surface area contributed by atoms with Crippen molar-refractivity contribution in [3.8, 4) is 5.75 Å². The predicted molar refractivity (Wildman–Crippen MR) is 94.6 cm³/mol. The van der Waals surface area contributed by atoms with Crippen LogP contribution in [0.3, 0.4) is 0 Å². The lowest BCUT2D eigenvalue weighted by Crippen LogP contribution is -2.15. The molecule has 1 saturated carbocycles. The molecule has 0 atom stereocenters. The molecule has 1 aromatic carbocycles. The van der Waals surface area contributed by atoms with Crippen LogP contribution in [0.1, 0.15) is 44.0 Å². The van der Waals surface area contributed by atoms with Crippen molar-refractivity contribution in [2.75, 3.05) is 12.4 Å². The summed E-state index contributed by atoms with van der Waals surface area (Å²) >= 11 is 7.59. The van der Waals surface area contributed by atoms with Crippen LogP contribution in [0.25, 0.3) is 0 Å². The number of aryl methyl sites for hydroxylation is 1. The van der Waals surface area contributed by atoms with Crippen LogP contribution in [0.4, 0.5) is 0 Å². The molecule has 0 unspecified atom stereocenters. The number of benzene rings is 1. The zero-order valence-electron chi connectivity index (χ0n) is 13.4. The van der Waals surface area contributed by atoms with E-state index in [0.29, 0.717) is 12.6 Å². The van der Waals surface area contributed by atoms with Crippen LogP contribution in [0.5, 0.6) is 5.75 Å². The van der Waals surface area contributed by atoms with Gasteiger partial charge in [-0.1, -0.05) is 42.6 Å². The van der Waals surface area contributed by atoms with E-state index < -0.39 is 0 Å². The lowest BCUT2D eigenvalue weighted by molar-refractivity contribution is 0.330. The smallest absolute Gasteiger partial charge is 0.191 e.